The van der Waals surface area contributed by atoms with Gasteiger partial charge < -0.3 is 35.8 Å². The zero-order valence-electron chi connectivity index (χ0n) is 17.7. The van der Waals surface area contributed by atoms with Crippen LogP contribution in [0.25, 0.3) is 5.76 Å². The lowest BCUT2D eigenvalue weighted by molar-refractivity contribution is -0.147. The number of morpholine rings is 1. The highest BCUT2D eigenvalue weighted by Gasteiger charge is 2.60. The van der Waals surface area contributed by atoms with Crippen molar-refractivity contribution in [3.05, 3.63) is 40.2 Å². The minimum Gasteiger partial charge on any atom is -0.508 e. The van der Waals surface area contributed by atoms with Gasteiger partial charge in [-0.15, -0.1) is 0 Å². The second-order valence-electron chi connectivity index (χ2n) is 8.97. The third kappa shape index (κ3) is 2.90. The molecule has 1 heterocycles. The number of hydrogen-bond donors (Lipinski definition) is 5. The number of Topliss-reactive ketones (excluding diaryl/α,β-unsaturated/α-hetero) is 2. The monoisotopic (exact) mass is 456 g/mol. The van der Waals surface area contributed by atoms with Crippen molar-refractivity contribution < 1.29 is 39.5 Å². The van der Waals surface area contributed by atoms with Crippen molar-refractivity contribution in [2.24, 2.45) is 17.6 Å². The molecule has 3 atom stereocenters. The first kappa shape index (κ1) is 21.5. The summed E-state index contributed by atoms with van der Waals surface area (Å²) in [6.07, 6.45) is 0.0867. The van der Waals surface area contributed by atoms with Crippen molar-refractivity contribution >= 4 is 28.9 Å². The summed E-state index contributed by atoms with van der Waals surface area (Å²) in [5, 5.41) is 44.0. The van der Waals surface area contributed by atoms with E-state index in [0.717, 1.165) is 0 Å². The maximum absolute atomic E-state index is 13.5. The van der Waals surface area contributed by atoms with E-state index in [9.17, 15) is 34.8 Å². The van der Waals surface area contributed by atoms with Crippen molar-refractivity contribution in [2.45, 2.75) is 24.9 Å². The summed E-state index contributed by atoms with van der Waals surface area (Å²) in [6, 6.07) is 3.54. The Labute approximate surface area is 188 Å². The molecule has 174 valence electrons. The number of primary amides is 1. The highest BCUT2D eigenvalue weighted by molar-refractivity contribution is 6.22. The molecule has 10 nitrogen and oxygen atoms in total. The lowest BCUT2D eigenvalue weighted by Gasteiger charge is -2.46. The van der Waals surface area contributed by atoms with Crippen LogP contribution in [-0.2, 0) is 25.5 Å². The minimum atomic E-state index is -2.55. The first-order valence-corrected chi connectivity index (χ1v) is 10.8. The SMILES string of the molecule is NC(=O)C1=C(O)[C@@]2(O)C(=O)C3=C(O)c4c(ccc(N5CCOCC5)c4O)C[C@H]3C[C@H]2CC1=O. The van der Waals surface area contributed by atoms with Crippen molar-refractivity contribution in [3.8, 4) is 5.75 Å². The Morgan fingerprint density at radius 1 is 1.12 bits per heavy atom. The number of phenols is 1. The van der Waals surface area contributed by atoms with Crippen molar-refractivity contribution in [2.75, 3.05) is 31.2 Å². The number of carbonyl (C=O) groups excluding carboxylic acids is 3. The molecule has 1 aromatic rings. The average Bonchev–Trinajstić information content (AvgIpc) is 2.76. The zero-order valence-corrected chi connectivity index (χ0v) is 17.7. The Morgan fingerprint density at radius 2 is 1.82 bits per heavy atom. The molecule has 1 aliphatic heterocycles. The minimum absolute atomic E-state index is 0.103. The number of nitrogens with zero attached hydrogens (tertiary/aromatic N) is 1. The van der Waals surface area contributed by atoms with Crippen molar-refractivity contribution in [3.63, 3.8) is 0 Å². The summed E-state index contributed by atoms with van der Waals surface area (Å²) in [5.41, 5.74) is 2.94. The van der Waals surface area contributed by atoms with Gasteiger partial charge >= 0.3 is 0 Å². The number of phenolic OH excluding ortho intramolecular Hbond substituents is 1. The summed E-state index contributed by atoms with van der Waals surface area (Å²) in [5.74, 6) is -6.19. The molecule has 1 amide bonds. The molecule has 5 rings (SSSR count). The zero-order chi connectivity index (χ0) is 23.7. The molecule has 0 bridgehead atoms. The smallest absolute Gasteiger partial charge is 0.255 e. The molecule has 10 heteroatoms. The summed E-state index contributed by atoms with van der Waals surface area (Å²) in [7, 11) is 0. The van der Waals surface area contributed by atoms with Gasteiger partial charge in [-0.3, -0.25) is 14.4 Å². The van der Waals surface area contributed by atoms with Crippen LogP contribution >= 0.6 is 0 Å². The van der Waals surface area contributed by atoms with Gasteiger partial charge in [-0.1, -0.05) is 6.07 Å². The van der Waals surface area contributed by atoms with Gasteiger partial charge in [-0.25, -0.2) is 0 Å². The van der Waals surface area contributed by atoms with Crippen molar-refractivity contribution in [1.82, 2.24) is 0 Å². The molecule has 1 aromatic carbocycles. The fourth-order valence-corrected chi connectivity index (χ4v) is 5.64. The van der Waals surface area contributed by atoms with Gasteiger partial charge in [0.1, 0.15) is 22.8 Å². The number of fused-ring (bicyclic) bond motifs is 3. The second-order valence-corrected chi connectivity index (χ2v) is 8.97. The third-order valence-electron chi connectivity index (χ3n) is 7.27. The molecule has 1 saturated heterocycles. The van der Waals surface area contributed by atoms with E-state index in [1.165, 1.54) is 0 Å². The van der Waals surface area contributed by atoms with Crippen LogP contribution in [0.1, 0.15) is 24.0 Å². The Kier molecular flexibility index (Phi) is 4.77. The first-order chi connectivity index (χ1) is 15.7. The van der Waals surface area contributed by atoms with E-state index < -0.39 is 52.0 Å². The van der Waals surface area contributed by atoms with Crippen LogP contribution in [0, 0.1) is 11.8 Å². The van der Waals surface area contributed by atoms with Crippen LogP contribution in [0.3, 0.4) is 0 Å². The quantitative estimate of drug-likeness (QED) is 0.392. The number of aliphatic hydroxyl groups excluding tert-OH is 2. The summed E-state index contributed by atoms with van der Waals surface area (Å²) < 4.78 is 5.34. The molecule has 1 saturated carbocycles. The molecule has 3 aliphatic carbocycles. The van der Waals surface area contributed by atoms with E-state index in [2.05, 4.69) is 0 Å². The molecule has 33 heavy (non-hydrogen) atoms. The number of anilines is 1. The molecule has 0 aromatic heterocycles. The lowest BCUT2D eigenvalue weighted by Crippen LogP contribution is -2.58. The van der Waals surface area contributed by atoms with E-state index >= 15 is 0 Å². The second kappa shape index (κ2) is 7.32. The number of aliphatic hydroxyl groups is 3. The predicted molar refractivity (Wildman–Crippen MR) is 114 cm³/mol. The van der Waals surface area contributed by atoms with E-state index in [1.54, 1.807) is 12.1 Å². The number of benzene rings is 1. The topological polar surface area (TPSA) is 171 Å². The molecular weight excluding hydrogens is 432 g/mol. The Hall–Kier alpha value is -3.37. The molecule has 0 radical (unpaired) electrons. The largest absolute Gasteiger partial charge is 0.508 e. The number of rotatable bonds is 2. The molecule has 6 N–H and O–H groups in total. The molecule has 2 fully saturated rings. The maximum Gasteiger partial charge on any atom is 0.255 e. The molecule has 4 aliphatic rings. The predicted octanol–water partition coefficient (Wildman–Crippen LogP) is 0.260. The average molecular weight is 456 g/mol. The summed E-state index contributed by atoms with van der Waals surface area (Å²) in [6.45, 7) is 2.08. The Bertz CT molecular complexity index is 1160. The normalized spacial score (nSPS) is 29.5. The van der Waals surface area contributed by atoms with Gasteiger partial charge in [0.25, 0.3) is 5.91 Å². The van der Waals surface area contributed by atoms with Gasteiger partial charge in [-0.2, -0.15) is 0 Å². The fraction of sp³-hybridized carbons (Fsp3) is 0.435. The van der Waals surface area contributed by atoms with Gasteiger partial charge in [0.15, 0.2) is 11.4 Å². The Balaban J connectivity index is 1.64. The summed E-state index contributed by atoms with van der Waals surface area (Å²) >= 11 is 0. The first-order valence-electron chi connectivity index (χ1n) is 10.8. The van der Waals surface area contributed by atoms with Gasteiger partial charge in [-0.05, 0) is 30.4 Å². The van der Waals surface area contributed by atoms with E-state index in [4.69, 9.17) is 10.5 Å². The van der Waals surface area contributed by atoms with Gasteiger partial charge in [0.05, 0.1) is 24.5 Å². The van der Waals surface area contributed by atoms with E-state index in [1.807, 2.05) is 4.90 Å². The Morgan fingerprint density at radius 3 is 2.48 bits per heavy atom. The van der Waals surface area contributed by atoms with E-state index in [0.29, 0.717) is 44.0 Å². The standard InChI is InChI=1S/C23H24N2O8/c24-22(31)17-14(26)9-12-8-11-7-10-1-2-13(25-3-5-33-6-4-25)18(27)15(10)19(28)16(11)20(29)23(12,32)21(17)30/h1-2,11-12,27-28,30,32H,3-9H2,(H2,24,31)/t11-,12-,23-/m0/s1. The maximum atomic E-state index is 13.5. The fourth-order valence-electron chi connectivity index (χ4n) is 5.64. The van der Waals surface area contributed by atoms with Gasteiger partial charge in [0, 0.05) is 31.0 Å². The third-order valence-corrected chi connectivity index (χ3v) is 7.27. The number of carbonyl (C=O) groups is 3. The highest BCUT2D eigenvalue weighted by Crippen LogP contribution is 2.52. The van der Waals surface area contributed by atoms with Crippen molar-refractivity contribution in [1.29, 1.82) is 0 Å². The van der Waals surface area contributed by atoms with Gasteiger partial charge in [0.2, 0.25) is 5.78 Å². The number of ether oxygens (including phenoxy) is 1. The number of ketones is 2. The van der Waals surface area contributed by atoms with Crippen LogP contribution < -0.4 is 10.6 Å². The van der Waals surface area contributed by atoms with Crippen LogP contribution in [0.5, 0.6) is 5.75 Å². The lowest BCUT2D eigenvalue weighted by atomic mass is 9.59. The van der Waals surface area contributed by atoms with Crippen LogP contribution in [0.4, 0.5) is 5.69 Å². The highest BCUT2D eigenvalue weighted by atomic mass is 16.5. The molecule has 0 unspecified atom stereocenters. The molecule has 0 spiro atoms. The molecular formula is C23H24N2O8. The number of amides is 1. The van der Waals surface area contributed by atoms with E-state index in [-0.39, 0.29) is 29.7 Å². The number of nitrogens with two attached hydrogens (primary N) is 1. The van der Waals surface area contributed by atoms with Crippen LogP contribution in [-0.4, -0.2) is 69.8 Å². The number of aromatic hydroxyl groups is 1. The van der Waals surface area contributed by atoms with Crippen LogP contribution in [0.15, 0.2) is 29.0 Å². The summed E-state index contributed by atoms with van der Waals surface area (Å²) in [4.78, 5) is 39.4. The number of hydrogen-bond acceptors (Lipinski definition) is 9. The van der Waals surface area contributed by atoms with Crippen LogP contribution in [0.2, 0.25) is 0 Å².